The molecular weight excluding hydrogens is 256 g/mol. The largest absolute Gasteiger partial charge is 0.254 e. The lowest BCUT2D eigenvalue weighted by Crippen LogP contribution is -1.91. The fraction of sp³-hybridized carbons (Fsp3) is 0. The first-order chi connectivity index (χ1) is 9.42. The van der Waals surface area contributed by atoms with E-state index in [9.17, 15) is 0 Å². The summed E-state index contributed by atoms with van der Waals surface area (Å²) in [6.07, 6.45) is 3.67. The maximum absolute atomic E-state index is 4.39. The highest BCUT2D eigenvalue weighted by Crippen LogP contribution is 2.23. The van der Waals surface area contributed by atoms with E-state index < -0.39 is 0 Å². The summed E-state index contributed by atoms with van der Waals surface area (Å²) >= 11 is 1.57. The van der Waals surface area contributed by atoms with Crippen LogP contribution < -0.4 is 0 Å². The van der Waals surface area contributed by atoms with Crippen molar-refractivity contribution in [1.82, 2.24) is 17.9 Å². The van der Waals surface area contributed by atoms with Gasteiger partial charge in [-0.15, -0.1) is 0 Å². The number of fused-ring (bicyclic) bond motifs is 2. The van der Waals surface area contributed by atoms with E-state index in [1.165, 1.54) is 0 Å². The van der Waals surface area contributed by atoms with Crippen molar-refractivity contribution in [2.45, 2.75) is 0 Å². The predicted molar refractivity (Wildman–Crippen MR) is 77.9 cm³/mol. The zero-order valence-corrected chi connectivity index (χ0v) is 10.8. The molecular formula is C14H10N4S. The van der Waals surface area contributed by atoms with Crippen molar-refractivity contribution in [1.29, 1.82) is 0 Å². The molecule has 92 valence electrons. The molecule has 0 atom stereocenters. The Morgan fingerprint density at radius 2 is 1.16 bits per heavy atom. The molecule has 4 rings (SSSR count). The third kappa shape index (κ3) is 1.70. The monoisotopic (exact) mass is 266 g/mol. The highest BCUT2D eigenvalue weighted by molar-refractivity contribution is 7.96. The smallest absolute Gasteiger partial charge is 0.108 e. The summed E-state index contributed by atoms with van der Waals surface area (Å²) in [4.78, 5) is 8.78. The maximum atomic E-state index is 4.39. The van der Waals surface area contributed by atoms with Gasteiger partial charge in [-0.25, -0.2) is 9.97 Å². The first kappa shape index (κ1) is 10.6. The van der Waals surface area contributed by atoms with E-state index in [1.54, 1.807) is 12.1 Å². The molecule has 4 aromatic rings. The van der Waals surface area contributed by atoms with Crippen LogP contribution in [0.1, 0.15) is 0 Å². The molecule has 0 aliphatic heterocycles. The van der Waals surface area contributed by atoms with Crippen molar-refractivity contribution >= 4 is 34.2 Å². The molecule has 0 bridgehead atoms. The van der Waals surface area contributed by atoms with Gasteiger partial charge in [0.2, 0.25) is 0 Å². The van der Waals surface area contributed by atoms with E-state index in [0.29, 0.717) is 0 Å². The van der Waals surface area contributed by atoms with E-state index in [2.05, 4.69) is 22.1 Å². The Morgan fingerprint density at radius 3 is 1.68 bits per heavy atom. The van der Waals surface area contributed by atoms with Gasteiger partial charge < -0.3 is 0 Å². The van der Waals surface area contributed by atoms with Crippen molar-refractivity contribution in [3.63, 3.8) is 0 Å². The zero-order valence-electron chi connectivity index (χ0n) is 9.97. The average Bonchev–Trinajstić information content (AvgIpc) is 3.05. The molecule has 0 amide bonds. The molecule has 0 aliphatic rings. The van der Waals surface area contributed by atoms with Gasteiger partial charge >= 0.3 is 0 Å². The number of aromatic nitrogens is 4. The Balaban J connectivity index is 1.82. The lowest BCUT2D eigenvalue weighted by atomic mass is 10.3. The average molecular weight is 266 g/mol. The van der Waals surface area contributed by atoms with Crippen molar-refractivity contribution in [3.05, 3.63) is 61.2 Å². The topological polar surface area (TPSA) is 35.6 Å². The van der Waals surface area contributed by atoms with Gasteiger partial charge in [-0.3, -0.25) is 7.94 Å². The third-order valence-corrected chi connectivity index (χ3v) is 3.95. The summed E-state index contributed by atoms with van der Waals surface area (Å²) in [5.74, 6) is 0. The molecule has 5 heteroatoms. The van der Waals surface area contributed by atoms with Crippen LogP contribution in [0.3, 0.4) is 0 Å². The normalized spacial score (nSPS) is 11.4. The van der Waals surface area contributed by atoms with E-state index in [0.717, 1.165) is 22.1 Å². The van der Waals surface area contributed by atoms with E-state index >= 15 is 0 Å². The molecule has 2 heterocycles. The van der Waals surface area contributed by atoms with Gasteiger partial charge in [-0.05, 0) is 24.3 Å². The van der Waals surface area contributed by atoms with Crippen molar-refractivity contribution < 1.29 is 0 Å². The highest BCUT2D eigenvalue weighted by Gasteiger charge is 2.06. The molecule has 0 aliphatic carbocycles. The SMILES string of the molecule is c1ccc2c(c1)ncn2Sn1cnc2ccccc21. The summed E-state index contributed by atoms with van der Waals surface area (Å²) < 4.78 is 4.09. The third-order valence-electron chi connectivity index (χ3n) is 3.02. The minimum Gasteiger partial charge on any atom is -0.254 e. The van der Waals surface area contributed by atoms with Crippen LogP contribution in [0.5, 0.6) is 0 Å². The molecule has 0 radical (unpaired) electrons. The van der Waals surface area contributed by atoms with E-state index in [1.807, 2.05) is 57.0 Å². The zero-order chi connectivity index (χ0) is 12.7. The van der Waals surface area contributed by atoms with Gasteiger partial charge in [0.25, 0.3) is 0 Å². The Hall–Kier alpha value is -2.27. The molecule has 0 spiro atoms. The summed E-state index contributed by atoms with van der Waals surface area (Å²) in [7, 11) is 0. The maximum Gasteiger partial charge on any atom is 0.108 e. The molecule has 0 saturated carbocycles. The van der Waals surface area contributed by atoms with Crippen LogP contribution in [0.2, 0.25) is 0 Å². The fourth-order valence-electron chi connectivity index (χ4n) is 2.10. The van der Waals surface area contributed by atoms with Crippen LogP contribution >= 0.6 is 12.1 Å². The second kappa shape index (κ2) is 4.13. The number of hydrogen-bond acceptors (Lipinski definition) is 3. The number of para-hydroxylation sites is 4. The molecule has 0 fully saturated rings. The number of imidazole rings is 2. The van der Waals surface area contributed by atoms with E-state index in [4.69, 9.17) is 0 Å². The van der Waals surface area contributed by atoms with Gasteiger partial charge in [0.1, 0.15) is 12.7 Å². The quantitative estimate of drug-likeness (QED) is 0.558. The molecule has 0 saturated heterocycles. The van der Waals surface area contributed by atoms with Crippen LogP contribution in [0.15, 0.2) is 61.2 Å². The summed E-state index contributed by atoms with van der Waals surface area (Å²) in [5.41, 5.74) is 4.20. The number of hydrogen-bond donors (Lipinski definition) is 0. The van der Waals surface area contributed by atoms with Gasteiger partial charge in [-0.2, -0.15) is 0 Å². The van der Waals surface area contributed by atoms with Crippen LogP contribution in [0.4, 0.5) is 0 Å². The van der Waals surface area contributed by atoms with Crippen LogP contribution in [0.25, 0.3) is 22.1 Å². The van der Waals surface area contributed by atoms with Crippen molar-refractivity contribution in [3.8, 4) is 0 Å². The Kier molecular flexibility index (Phi) is 2.31. The van der Waals surface area contributed by atoms with Gasteiger partial charge in [0.15, 0.2) is 0 Å². The first-order valence-corrected chi connectivity index (χ1v) is 6.68. The highest BCUT2D eigenvalue weighted by atomic mass is 32.2. The minimum absolute atomic E-state index is 0.999. The van der Waals surface area contributed by atoms with Gasteiger partial charge in [0, 0.05) is 0 Å². The van der Waals surface area contributed by atoms with Crippen molar-refractivity contribution in [2.24, 2.45) is 0 Å². The number of nitrogens with zero attached hydrogens (tertiary/aromatic N) is 4. The van der Waals surface area contributed by atoms with Crippen LogP contribution in [-0.4, -0.2) is 17.9 Å². The molecule has 2 aromatic heterocycles. The lowest BCUT2D eigenvalue weighted by Gasteiger charge is -2.04. The van der Waals surface area contributed by atoms with Gasteiger partial charge in [-0.1, -0.05) is 24.3 Å². The Labute approximate surface area is 114 Å². The molecule has 0 N–H and O–H groups in total. The standard InChI is InChI=1S/C14H10N4S/c1-3-7-13-11(5-1)15-9-17(13)19-18-10-16-12-6-2-4-8-14(12)18/h1-10H. The van der Waals surface area contributed by atoms with E-state index in [-0.39, 0.29) is 0 Å². The summed E-state index contributed by atoms with van der Waals surface area (Å²) in [6, 6.07) is 16.2. The molecule has 19 heavy (non-hydrogen) atoms. The minimum atomic E-state index is 0.999. The summed E-state index contributed by atoms with van der Waals surface area (Å²) in [5, 5.41) is 0. The van der Waals surface area contributed by atoms with Crippen LogP contribution in [-0.2, 0) is 0 Å². The molecule has 0 unspecified atom stereocenters. The second-order valence-electron chi connectivity index (χ2n) is 4.20. The Morgan fingerprint density at radius 1 is 0.684 bits per heavy atom. The molecule has 4 nitrogen and oxygen atoms in total. The number of rotatable bonds is 2. The predicted octanol–water partition coefficient (Wildman–Crippen LogP) is 3.35. The fourth-order valence-corrected chi connectivity index (χ4v) is 2.95. The van der Waals surface area contributed by atoms with Crippen molar-refractivity contribution in [2.75, 3.05) is 0 Å². The first-order valence-electron chi connectivity index (χ1n) is 5.95. The lowest BCUT2D eigenvalue weighted by molar-refractivity contribution is 1.20. The number of benzene rings is 2. The van der Waals surface area contributed by atoms with Crippen LogP contribution in [0, 0.1) is 0 Å². The molecule has 2 aromatic carbocycles. The van der Waals surface area contributed by atoms with Gasteiger partial charge in [0.05, 0.1) is 34.2 Å². The second-order valence-corrected chi connectivity index (χ2v) is 5.15. The Bertz CT molecular complexity index is 790. The summed E-state index contributed by atoms with van der Waals surface area (Å²) in [6.45, 7) is 0.